The van der Waals surface area contributed by atoms with E-state index in [9.17, 15) is 14.7 Å². The zero-order valence-corrected chi connectivity index (χ0v) is 17.9. The molecule has 1 fully saturated rings. The van der Waals surface area contributed by atoms with Gasteiger partial charge >= 0.3 is 5.97 Å². The van der Waals surface area contributed by atoms with Crippen LogP contribution in [0.5, 0.6) is 11.5 Å². The summed E-state index contributed by atoms with van der Waals surface area (Å²) in [6, 6.07) is 8.42. The Morgan fingerprint density at radius 3 is 2.48 bits per heavy atom. The number of rotatable bonds is 4. The van der Waals surface area contributed by atoms with Gasteiger partial charge in [-0.05, 0) is 68.3 Å². The van der Waals surface area contributed by atoms with Gasteiger partial charge in [-0.25, -0.2) is 4.79 Å². The Morgan fingerprint density at radius 2 is 1.84 bits per heavy atom. The van der Waals surface area contributed by atoms with E-state index in [-0.39, 0.29) is 17.3 Å². The molecule has 0 aliphatic carbocycles. The number of carbonyl (C=O) groups excluding carboxylic acids is 2. The SMILES string of the molecule is COC(=O)c1ccc(/C=C2\Oc3c(CN4CCCCCC4)c(O)cc(C)c3C2=O)cc1. The fraction of sp³-hybridized carbons (Fsp3) is 0.360. The number of nitrogens with zero attached hydrogens (tertiary/aromatic N) is 1. The molecule has 0 amide bonds. The van der Waals surface area contributed by atoms with Crippen LogP contribution in [0.1, 0.15) is 63.1 Å². The number of phenolic OH excluding ortho intramolecular Hbond substituents is 1. The van der Waals surface area contributed by atoms with Crippen LogP contribution in [-0.2, 0) is 11.3 Å². The summed E-state index contributed by atoms with van der Waals surface area (Å²) < 4.78 is 10.7. The molecule has 2 aliphatic heterocycles. The van der Waals surface area contributed by atoms with Gasteiger partial charge in [-0.15, -0.1) is 0 Å². The van der Waals surface area contributed by atoms with Gasteiger partial charge in [0.25, 0.3) is 0 Å². The second-order valence-electron chi connectivity index (χ2n) is 8.14. The lowest BCUT2D eigenvalue weighted by atomic mass is 9.99. The lowest BCUT2D eigenvalue weighted by Gasteiger charge is -2.22. The fourth-order valence-corrected chi connectivity index (χ4v) is 4.24. The molecule has 2 heterocycles. The highest BCUT2D eigenvalue weighted by molar-refractivity contribution is 6.15. The summed E-state index contributed by atoms with van der Waals surface area (Å²) in [5.74, 6) is 0.235. The minimum Gasteiger partial charge on any atom is -0.507 e. The monoisotopic (exact) mass is 421 g/mol. The van der Waals surface area contributed by atoms with Crippen molar-refractivity contribution in [2.75, 3.05) is 20.2 Å². The fourth-order valence-electron chi connectivity index (χ4n) is 4.24. The smallest absolute Gasteiger partial charge is 0.337 e. The predicted octanol–water partition coefficient (Wildman–Crippen LogP) is 4.48. The zero-order chi connectivity index (χ0) is 22.0. The number of benzene rings is 2. The number of hydrogen-bond donors (Lipinski definition) is 1. The Kier molecular flexibility index (Phi) is 6.09. The number of aryl methyl sites for hydroxylation is 1. The lowest BCUT2D eigenvalue weighted by molar-refractivity contribution is 0.0600. The van der Waals surface area contributed by atoms with Gasteiger partial charge in [0.1, 0.15) is 11.5 Å². The van der Waals surface area contributed by atoms with Crippen LogP contribution >= 0.6 is 0 Å². The summed E-state index contributed by atoms with van der Waals surface area (Å²) in [7, 11) is 1.33. The summed E-state index contributed by atoms with van der Waals surface area (Å²) in [5, 5.41) is 10.6. The molecule has 0 spiro atoms. The first kappa shape index (κ1) is 21.1. The molecule has 2 aliphatic rings. The van der Waals surface area contributed by atoms with Gasteiger partial charge in [-0.1, -0.05) is 25.0 Å². The van der Waals surface area contributed by atoms with E-state index in [0.29, 0.717) is 34.5 Å². The molecule has 0 aromatic heterocycles. The summed E-state index contributed by atoms with van der Waals surface area (Å²) in [4.78, 5) is 27.0. The second-order valence-corrected chi connectivity index (χ2v) is 8.14. The van der Waals surface area contributed by atoms with Crippen molar-refractivity contribution in [3.8, 4) is 11.5 Å². The van der Waals surface area contributed by atoms with Crippen molar-refractivity contribution in [3.05, 3.63) is 63.9 Å². The van der Waals surface area contributed by atoms with Crippen LogP contribution < -0.4 is 4.74 Å². The quantitative estimate of drug-likeness (QED) is 0.580. The first-order valence-electron chi connectivity index (χ1n) is 10.7. The number of ketones is 1. The number of fused-ring (bicyclic) bond motifs is 1. The highest BCUT2D eigenvalue weighted by Crippen LogP contribution is 2.42. The molecule has 0 atom stereocenters. The number of hydrogen-bond acceptors (Lipinski definition) is 6. The Morgan fingerprint density at radius 1 is 1.16 bits per heavy atom. The number of methoxy groups -OCH3 is 1. The molecule has 6 nitrogen and oxygen atoms in total. The summed E-state index contributed by atoms with van der Waals surface area (Å²) in [6.45, 7) is 4.32. The standard InChI is InChI=1S/C25H27NO5/c1-16-13-20(27)19(15-26-11-5-3-4-6-12-26)24-22(16)23(28)21(31-24)14-17-7-9-18(10-8-17)25(29)30-2/h7-10,13-14,27H,3-6,11-12,15H2,1-2H3/b21-14-. The van der Waals surface area contributed by atoms with Crippen LogP contribution in [0.3, 0.4) is 0 Å². The van der Waals surface area contributed by atoms with Crippen molar-refractivity contribution in [1.29, 1.82) is 0 Å². The number of aromatic hydroxyl groups is 1. The number of allylic oxidation sites excluding steroid dienone is 1. The third kappa shape index (κ3) is 4.35. The average molecular weight is 421 g/mol. The molecule has 31 heavy (non-hydrogen) atoms. The molecule has 0 radical (unpaired) electrons. The highest BCUT2D eigenvalue weighted by atomic mass is 16.5. The third-order valence-corrected chi connectivity index (χ3v) is 5.93. The van der Waals surface area contributed by atoms with Crippen LogP contribution in [0.15, 0.2) is 36.1 Å². The maximum atomic E-state index is 13.1. The minimum absolute atomic E-state index is 0.164. The van der Waals surface area contributed by atoms with Crippen LogP contribution in [0.25, 0.3) is 6.08 Å². The number of esters is 1. The predicted molar refractivity (Wildman–Crippen MR) is 117 cm³/mol. The Balaban J connectivity index is 1.63. The lowest BCUT2D eigenvalue weighted by Crippen LogP contribution is -2.24. The minimum atomic E-state index is -0.413. The Bertz CT molecular complexity index is 1030. The summed E-state index contributed by atoms with van der Waals surface area (Å²) >= 11 is 0. The van der Waals surface area contributed by atoms with E-state index in [1.54, 1.807) is 36.4 Å². The van der Waals surface area contributed by atoms with E-state index in [2.05, 4.69) is 4.90 Å². The van der Waals surface area contributed by atoms with Gasteiger partial charge in [-0.2, -0.15) is 0 Å². The summed E-state index contributed by atoms with van der Waals surface area (Å²) in [6.07, 6.45) is 6.40. The van der Waals surface area contributed by atoms with E-state index in [0.717, 1.165) is 31.5 Å². The van der Waals surface area contributed by atoms with Crippen molar-refractivity contribution in [2.24, 2.45) is 0 Å². The maximum absolute atomic E-state index is 13.1. The number of Topliss-reactive ketones (excluding diaryl/α,β-unsaturated/α-hetero) is 1. The first-order valence-corrected chi connectivity index (χ1v) is 10.7. The van der Waals surface area contributed by atoms with Crippen molar-refractivity contribution < 1.29 is 24.2 Å². The molecule has 1 N–H and O–H groups in total. The van der Waals surface area contributed by atoms with Gasteiger partial charge in [0, 0.05) is 6.54 Å². The van der Waals surface area contributed by atoms with Crippen molar-refractivity contribution in [2.45, 2.75) is 39.2 Å². The molecule has 6 heteroatoms. The molecular weight excluding hydrogens is 394 g/mol. The number of ether oxygens (including phenoxy) is 2. The van der Waals surface area contributed by atoms with Gasteiger partial charge in [0.15, 0.2) is 5.76 Å². The molecule has 162 valence electrons. The Hall–Kier alpha value is -3.12. The number of phenols is 1. The topological polar surface area (TPSA) is 76.1 Å². The highest BCUT2D eigenvalue weighted by Gasteiger charge is 2.33. The molecule has 0 saturated carbocycles. The van der Waals surface area contributed by atoms with Gasteiger partial charge in [-0.3, -0.25) is 9.69 Å². The van der Waals surface area contributed by atoms with Crippen LogP contribution in [-0.4, -0.2) is 42.0 Å². The largest absolute Gasteiger partial charge is 0.507 e. The number of carbonyl (C=O) groups is 2. The van der Waals surface area contributed by atoms with E-state index in [1.807, 2.05) is 6.92 Å². The normalized spacial score (nSPS) is 17.9. The van der Waals surface area contributed by atoms with Crippen LogP contribution in [0.2, 0.25) is 0 Å². The maximum Gasteiger partial charge on any atom is 0.337 e. The van der Waals surface area contributed by atoms with Gasteiger partial charge in [0.2, 0.25) is 5.78 Å². The zero-order valence-electron chi connectivity index (χ0n) is 17.9. The molecule has 0 bridgehead atoms. The summed E-state index contributed by atoms with van der Waals surface area (Å²) in [5.41, 5.74) is 3.05. The van der Waals surface area contributed by atoms with Crippen molar-refractivity contribution in [1.82, 2.24) is 4.90 Å². The third-order valence-electron chi connectivity index (χ3n) is 5.93. The van der Waals surface area contributed by atoms with Crippen LogP contribution in [0, 0.1) is 6.92 Å². The van der Waals surface area contributed by atoms with E-state index in [1.165, 1.54) is 20.0 Å². The second kappa shape index (κ2) is 8.94. The molecule has 4 rings (SSSR count). The molecule has 2 aromatic rings. The van der Waals surface area contributed by atoms with Gasteiger partial charge in [0.05, 0.1) is 23.8 Å². The Labute approximate surface area is 182 Å². The molecule has 1 saturated heterocycles. The first-order chi connectivity index (χ1) is 15.0. The molecular formula is C25H27NO5. The average Bonchev–Trinajstić information content (AvgIpc) is 2.93. The van der Waals surface area contributed by atoms with Crippen molar-refractivity contribution >= 4 is 17.8 Å². The number of likely N-dealkylation sites (tertiary alicyclic amines) is 1. The van der Waals surface area contributed by atoms with Crippen LogP contribution in [0.4, 0.5) is 0 Å². The molecule has 0 unspecified atom stereocenters. The molecule has 2 aromatic carbocycles. The van der Waals surface area contributed by atoms with E-state index < -0.39 is 5.97 Å². The van der Waals surface area contributed by atoms with E-state index >= 15 is 0 Å². The van der Waals surface area contributed by atoms with Gasteiger partial charge < -0.3 is 14.6 Å². The van der Waals surface area contributed by atoms with E-state index in [4.69, 9.17) is 9.47 Å². The van der Waals surface area contributed by atoms with Crippen molar-refractivity contribution in [3.63, 3.8) is 0 Å².